The predicted molar refractivity (Wildman–Crippen MR) is 68.9 cm³/mol. The van der Waals surface area contributed by atoms with Gasteiger partial charge in [-0.25, -0.2) is 4.79 Å². The molecule has 0 spiro atoms. The van der Waals surface area contributed by atoms with Crippen molar-refractivity contribution in [3.63, 3.8) is 0 Å². The van der Waals surface area contributed by atoms with Crippen LogP contribution in [0.2, 0.25) is 0 Å². The Labute approximate surface area is 113 Å². The highest BCUT2D eigenvalue weighted by Crippen LogP contribution is 2.23. The highest BCUT2D eigenvalue weighted by atomic mass is 16.5. The van der Waals surface area contributed by atoms with Crippen LogP contribution in [0.3, 0.4) is 0 Å². The van der Waals surface area contributed by atoms with E-state index in [4.69, 9.17) is 9.84 Å². The van der Waals surface area contributed by atoms with Gasteiger partial charge in [0.2, 0.25) is 0 Å². The molecular formula is C13H22N2O4. The summed E-state index contributed by atoms with van der Waals surface area (Å²) < 4.78 is 5.54. The lowest BCUT2D eigenvalue weighted by molar-refractivity contribution is -0.142. The van der Waals surface area contributed by atoms with Gasteiger partial charge in [0.05, 0.1) is 12.0 Å². The third-order valence-corrected chi connectivity index (χ3v) is 3.97. The maximum atomic E-state index is 12.0. The second-order valence-electron chi connectivity index (χ2n) is 5.50. The minimum absolute atomic E-state index is 0.00850. The topological polar surface area (TPSA) is 78.9 Å². The van der Waals surface area contributed by atoms with Crippen LogP contribution in [0.5, 0.6) is 0 Å². The van der Waals surface area contributed by atoms with Crippen molar-refractivity contribution in [3.8, 4) is 0 Å². The third-order valence-electron chi connectivity index (χ3n) is 3.97. The van der Waals surface area contributed by atoms with Crippen molar-refractivity contribution in [2.45, 2.75) is 32.3 Å². The summed E-state index contributed by atoms with van der Waals surface area (Å²) in [5.74, 6) is -1.26. The van der Waals surface area contributed by atoms with E-state index in [1.807, 2.05) is 6.92 Å². The molecule has 6 nitrogen and oxygen atoms in total. The van der Waals surface area contributed by atoms with Gasteiger partial charge in [0.1, 0.15) is 0 Å². The summed E-state index contributed by atoms with van der Waals surface area (Å²) in [6, 6.07) is -0.176. The molecule has 0 aromatic carbocycles. The molecule has 0 aliphatic carbocycles. The highest BCUT2D eigenvalue weighted by molar-refractivity contribution is 5.77. The van der Waals surface area contributed by atoms with Crippen molar-refractivity contribution in [2.24, 2.45) is 11.8 Å². The SMILES string of the molecule is CC1CN(C(=O)NCC2CCCCO2)CC1C(=O)O. The number of carboxylic acids is 1. The van der Waals surface area contributed by atoms with Crippen LogP contribution in [0.1, 0.15) is 26.2 Å². The Morgan fingerprint density at radius 1 is 1.37 bits per heavy atom. The van der Waals surface area contributed by atoms with Crippen molar-refractivity contribution in [2.75, 3.05) is 26.2 Å². The van der Waals surface area contributed by atoms with Crippen LogP contribution < -0.4 is 5.32 Å². The summed E-state index contributed by atoms with van der Waals surface area (Å²) in [7, 11) is 0. The lowest BCUT2D eigenvalue weighted by atomic mass is 9.99. The molecule has 2 N–H and O–H groups in total. The van der Waals surface area contributed by atoms with Crippen molar-refractivity contribution in [1.29, 1.82) is 0 Å². The van der Waals surface area contributed by atoms with Crippen LogP contribution in [0.4, 0.5) is 4.79 Å². The summed E-state index contributed by atoms with van der Waals surface area (Å²) in [5.41, 5.74) is 0. The van der Waals surface area contributed by atoms with Crippen LogP contribution >= 0.6 is 0 Å². The number of carbonyl (C=O) groups is 2. The zero-order valence-corrected chi connectivity index (χ0v) is 11.3. The minimum Gasteiger partial charge on any atom is -0.481 e. The molecule has 0 radical (unpaired) electrons. The van der Waals surface area contributed by atoms with E-state index in [9.17, 15) is 9.59 Å². The standard InChI is InChI=1S/C13H22N2O4/c1-9-7-15(8-11(9)12(16)17)13(18)14-6-10-4-2-3-5-19-10/h9-11H,2-8H2,1H3,(H,14,18)(H,16,17). The molecule has 2 saturated heterocycles. The normalized spacial score (nSPS) is 31.2. The number of ether oxygens (including phenoxy) is 1. The second-order valence-corrected chi connectivity index (χ2v) is 5.50. The molecule has 0 aromatic rings. The zero-order valence-electron chi connectivity index (χ0n) is 11.3. The zero-order chi connectivity index (χ0) is 13.8. The van der Waals surface area contributed by atoms with Gasteiger partial charge in [-0.15, -0.1) is 0 Å². The fraction of sp³-hybridized carbons (Fsp3) is 0.846. The van der Waals surface area contributed by atoms with E-state index in [0.717, 1.165) is 25.9 Å². The molecule has 3 atom stereocenters. The van der Waals surface area contributed by atoms with Crippen LogP contribution in [-0.4, -0.2) is 54.4 Å². The van der Waals surface area contributed by atoms with Crippen molar-refractivity contribution in [3.05, 3.63) is 0 Å². The van der Waals surface area contributed by atoms with Gasteiger partial charge in [0.25, 0.3) is 0 Å². The minimum atomic E-state index is -0.821. The number of rotatable bonds is 3. The number of aliphatic carboxylic acids is 1. The van der Waals surface area contributed by atoms with Gasteiger partial charge in [-0.05, 0) is 25.2 Å². The molecule has 2 rings (SSSR count). The average Bonchev–Trinajstić information content (AvgIpc) is 2.79. The first kappa shape index (κ1) is 14.1. The number of nitrogens with zero attached hydrogens (tertiary/aromatic N) is 1. The lowest BCUT2D eigenvalue weighted by Gasteiger charge is -2.24. The van der Waals surface area contributed by atoms with Crippen LogP contribution in [0.25, 0.3) is 0 Å². The van der Waals surface area contributed by atoms with Crippen LogP contribution in [0, 0.1) is 11.8 Å². The summed E-state index contributed by atoms with van der Waals surface area (Å²) in [6.45, 7) is 3.96. The molecule has 2 aliphatic rings. The van der Waals surface area contributed by atoms with Gasteiger partial charge in [-0.3, -0.25) is 4.79 Å². The summed E-state index contributed by atoms with van der Waals surface area (Å²) >= 11 is 0. The van der Waals surface area contributed by atoms with E-state index in [1.165, 1.54) is 0 Å². The number of carboxylic acid groups (broad SMARTS) is 1. The predicted octanol–water partition coefficient (Wildman–Crippen LogP) is 0.918. The van der Waals surface area contributed by atoms with E-state index in [1.54, 1.807) is 4.90 Å². The van der Waals surface area contributed by atoms with Crippen LogP contribution in [0.15, 0.2) is 0 Å². The Bertz CT molecular complexity index is 342. The fourth-order valence-corrected chi connectivity index (χ4v) is 2.74. The highest BCUT2D eigenvalue weighted by Gasteiger charge is 2.37. The molecule has 2 amide bonds. The second kappa shape index (κ2) is 6.23. The molecule has 0 saturated carbocycles. The van der Waals surface area contributed by atoms with Gasteiger partial charge >= 0.3 is 12.0 Å². The van der Waals surface area contributed by atoms with E-state index in [2.05, 4.69) is 5.32 Å². The lowest BCUT2D eigenvalue weighted by Crippen LogP contribution is -2.43. The number of likely N-dealkylation sites (tertiary alicyclic amines) is 1. The van der Waals surface area contributed by atoms with Gasteiger partial charge in [0, 0.05) is 26.2 Å². The molecule has 0 bridgehead atoms. The molecule has 108 valence electrons. The van der Waals surface area contributed by atoms with Gasteiger partial charge in [-0.2, -0.15) is 0 Å². The number of carbonyl (C=O) groups excluding carboxylic acids is 1. The largest absolute Gasteiger partial charge is 0.481 e. The number of hydrogen-bond acceptors (Lipinski definition) is 3. The molecule has 2 fully saturated rings. The first-order valence-corrected chi connectivity index (χ1v) is 6.95. The Morgan fingerprint density at radius 3 is 2.74 bits per heavy atom. The quantitative estimate of drug-likeness (QED) is 0.799. The number of nitrogens with one attached hydrogen (secondary N) is 1. The fourth-order valence-electron chi connectivity index (χ4n) is 2.74. The molecule has 2 aliphatic heterocycles. The van der Waals surface area contributed by atoms with Crippen LogP contribution in [-0.2, 0) is 9.53 Å². The Balaban J connectivity index is 1.76. The van der Waals surface area contributed by atoms with Gasteiger partial charge in [-0.1, -0.05) is 6.92 Å². The monoisotopic (exact) mass is 270 g/mol. The van der Waals surface area contributed by atoms with E-state index >= 15 is 0 Å². The summed E-state index contributed by atoms with van der Waals surface area (Å²) in [6.07, 6.45) is 3.32. The van der Waals surface area contributed by atoms with E-state index < -0.39 is 11.9 Å². The van der Waals surface area contributed by atoms with Gasteiger partial charge < -0.3 is 20.1 Å². The Hall–Kier alpha value is -1.30. The molecule has 6 heteroatoms. The van der Waals surface area contributed by atoms with E-state index in [-0.39, 0.29) is 18.1 Å². The van der Waals surface area contributed by atoms with Crippen molar-refractivity contribution in [1.82, 2.24) is 10.2 Å². The Kier molecular flexibility index (Phi) is 4.63. The van der Waals surface area contributed by atoms with E-state index in [0.29, 0.717) is 19.6 Å². The van der Waals surface area contributed by atoms with Crippen molar-refractivity contribution < 1.29 is 19.4 Å². The first-order chi connectivity index (χ1) is 9.08. The third kappa shape index (κ3) is 3.59. The number of amides is 2. The molecule has 3 unspecified atom stereocenters. The maximum absolute atomic E-state index is 12.0. The smallest absolute Gasteiger partial charge is 0.317 e. The number of hydrogen-bond donors (Lipinski definition) is 2. The summed E-state index contributed by atoms with van der Waals surface area (Å²) in [4.78, 5) is 24.6. The maximum Gasteiger partial charge on any atom is 0.317 e. The number of urea groups is 1. The molecular weight excluding hydrogens is 248 g/mol. The summed E-state index contributed by atoms with van der Waals surface area (Å²) in [5, 5.41) is 11.9. The molecule has 19 heavy (non-hydrogen) atoms. The first-order valence-electron chi connectivity index (χ1n) is 6.95. The Morgan fingerprint density at radius 2 is 2.16 bits per heavy atom. The average molecular weight is 270 g/mol. The molecule has 0 aromatic heterocycles. The van der Waals surface area contributed by atoms with Crippen molar-refractivity contribution >= 4 is 12.0 Å². The van der Waals surface area contributed by atoms with Gasteiger partial charge in [0.15, 0.2) is 0 Å². The molecule has 2 heterocycles.